The molecular weight excluding hydrogens is 573 g/mol. The third-order valence-corrected chi connectivity index (χ3v) is 12.3. The molecule has 0 spiro atoms. The second-order valence-corrected chi connectivity index (χ2v) is 15.6. The SMILES string of the molecule is CC1(C)c2ccccc2-c2ccc(CC[C@@H](c3ccc4c(c3)C(C)(C)c3ccccc3-4)c3ccc4sc5ccccc5c4c3)cc21. The van der Waals surface area contributed by atoms with Crippen LogP contribution in [0.25, 0.3) is 42.4 Å². The van der Waals surface area contributed by atoms with Crippen molar-refractivity contribution >= 4 is 31.5 Å². The third-order valence-electron chi connectivity index (χ3n) is 11.2. The summed E-state index contributed by atoms with van der Waals surface area (Å²) in [5, 5.41) is 2.75. The van der Waals surface area contributed by atoms with Crippen LogP contribution in [0.2, 0.25) is 0 Å². The predicted molar refractivity (Wildman–Crippen MR) is 198 cm³/mol. The summed E-state index contributed by atoms with van der Waals surface area (Å²) in [6, 6.07) is 48.7. The molecular formula is C45H38S. The molecule has 0 saturated heterocycles. The van der Waals surface area contributed by atoms with Crippen molar-refractivity contribution in [1.82, 2.24) is 0 Å². The Kier molecular flexibility index (Phi) is 6.06. The highest BCUT2D eigenvalue weighted by Crippen LogP contribution is 2.51. The van der Waals surface area contributed by atoms with Gasteiger partial charge >= 0.3 is 0 Å². The first-order chi connectivity index (χ1) is 22.3. The summed E-state index contributed by atoms with van der Waals surface area (Å²) in [5.74, 6) is 0.298. The van der Waals surface area contributed by atoms with Crippen molar-refractivity contribution in [3.8, 4) is 22.3 Å². The van der Waals surface area contributed by atoms with E-state index >= 15 is 0 Å². The fourth-order valence-electron chi connectivity index (χ4n) is 8.64. The van der Waals surface area contributed by atoms with Crippen molar-refractivity contribution in [2.24, 2.45) is 0 Å². The number of rotatable bonds is 5. The van der Waals surface area contributed by atoms with E-state index in [1.54, 1.807) is 0 Å². The first-order valence-electron chi connectivity index (χ1n) is 16.7. The van der Waals surface area contributed by atoms with Gasteiger partial charge in [0.25, 0.3) is 0 Å². The van der Waals surface area contributed by atoms with Crippen LogP contribution < -0.4 is 0 Å². The molecule has 0 radical (unpaired) electrons. The Hall–Kier alpha value is -4.46. The molecule has 1 aromatic heterocycles. The largest absolute Gasteiger partial charge is 0.135 e. The van der Waals surface area contributed by atoms with Crippen LogP contribution in [0.3, 0.4) is 0 Å². The second kappa shape index (κ2) is 10.0. The van der Waals surface area contributed by atoms with Crippen LogP contribution in [0, 0.1) is 0 Å². The highest BCUT2D eigenvalue weighted by atomic mass is 32.1. The van der Waals surface area contributed by atoms with Gasteiger partial charge in [-0.25, -0.2) is 0 Å². The highest BCUT2D eigenvalue weighted by Gasteiger charge is 2.37. The zero-order valence-corrected chi connectivity index (χ0v) is 27.8. The van der Waals surface area contributed by atoms with Crippen LogP contribution >= 0.6 is 11.3 Å². The van der Waals surface area contributed by atoms with Gasteiger partial charge in [-0.2, -0.15) is 0 Å². The van der Waals surface area contributed by atoms with E-state index in [-0.39, 0.29) is 10.8 Å². The second-order valence-electron chi connectivity index (χ2n) is 14.5. The third kappa shape index (κ3) is 4.04. The van der Waals surface area contributed by atoms with E-state index in [4.69, 9.17) is 0 Å². The zero-order valence-electron chi connectivity index (χ0n) is 27.0. The maximum atomic E-state index is 2.54. The Labute approximate surface area is 276 Å². The van der Waals surface area contributed by atoms with E-state index in [0.717, 1.165) is 12.8 Å². The Morgan fingerprint density at radius 1 is 0.478 bits per heavy atom. The van der Waals surface area contributed by atoms with Crippen molar-refractivity contribution < 1.29 is 0 Å². The predicted octanol–water partition coefficient (Wildman–Crippen LogP) is 12.4. The van der Waals surface area contributed by atoms with Crippen LogP contribution in [-0.4, -0.2) is 0 Å². The minimum atomic E-state index is -0.0133. The molecule has 0 bridgehead atoms. The maximum absolute atomic E-state index is 2.54. The molecule has 0 unspecified atom stereocenters. The van der Waals surface area contributed by atoms with Crippen molar-refractivity contribution in [2.45, 2.75) is 57.3 Å². The Morgan fingerprint density at radius 2 is 1.02 bits per heavy atom. The quantitative estimate of drug-likeness (QED) is 0.182. The molecule has 0 fully saturated rings. The van der Waals surface area contributed by atoms with Gasteiger partial charge in [0.15, 0.2) is 0 Å². The summed E-state index contributed by atoms with van der Waals surface area (Å²) in [5.41, 5.74) is 15.6. The van der Waals surface area contributed by atoms with Crippen LogP contribution in [-0.2, 0) is 17.3 Å². The van der Waals surface area contributed by atoms with Gasteiger partial charge in [0, 0.05) is 36.9 Å². The van der Waals surface area contributed by atoms with Gasteiger partial charge < -0.3 is 0 Å². The van der Waals surface area contributed by atoms with Crippen molar-refractivity contribution in [3.63, 3.8) is 0 Å². The molecule has 6 aromatic carbocycles. The van der Waals surface area contributed by atoms with E-state index < -0.39 is 0 Å². The van der Waals surface area contributed by atoms with Crippen LogP contribution in [0.5, 0.6) is 0 Å². The number of thiophene rings is 1. The number of fused-ring (bicyclic) bond motifs is 9. The van der Waals surface area contributed by atoms with E-state index in [9.17, 15) is 0 Å². The molecule has 224 valence electrons. The summed E-state index contributed by atoms with van der Waals surface area (Å²) in [4.78, 5) is 0. The molecule has 0 amide bonds. The molecule has 46 heavy (non-hydrogen) atoms. The normalized spacial score (nSPS) is 15.8. The van der Waals surface area contributed by atoms with Crippen LogP contribution in [0.4, 0.5) is 0 Å². The molecule has 7 aromatic rings. The molecule has 0 nitrogen and oxygen atoms in total. The van der Waals surface area contributed by atoms with Crippen molar-refractivity contribution in [2.75, 3.05) is 0 Å². The molecule has 1 atom stereocenters. The van der Waals surface area contributed by atoms with Gasteiger partial charge in [0.05, 0.1) is 0 Å². The molecule has 0 N–H and O–H groups in total. The lowest BCUT2D eigenvalue weighted by molar-refractivity contribution is 0.652. The minimum Gasteiger partial charge on any atom is -0.135 e. The summed E-state index contributed by atoms with van der Waals surface area (Å²) in [6.45, 7) is 9.55. The molecule has 9 rings (SSSR count). The topological polar surface area (TPSA) is 0 Å². The van der Waals surface area contributed by atoms with Crippen molar-refractivity contribution in [1.29, 1.82) is 0 Å². The van der Waals surface area contributed by atoms with Gasteiger partial charge in [-0.3, -0.25) is 0 Å². The average molecular weight is 611 g/mol. The lowest BCUT2D eigenvalue weighted by Gasteiger charge is -2.25. The minimum absolute atomic E-state index is 0.0133. The summed E-state index contributed by atoms with van der Waals surface area (Å²) in [7, 11) is 0. The average Bonchev–Trinajstić information content (AvgIpc) is 3.64. The van der Waals surface area contributed by atoms with Gasteiger partial charge in [0.2, 0.25) is 0 Å². The van der Waals surface area contributed by atoms with Gasteiger partial charge in [-0.15, -0.1) is 11.3 Å². The molecule has 1 heteroatoms. The standard InChI is InChI=1S/C45H38S/c1-44(2)38-14-8-5-11-32(38)34-22-18-28(25-40(34)44)17-21-31(29-20-24-43-37(26-29)36-13-7-10-16-42(36)46-43)30-19-23-35-33-12-6-9-15-39(33)45(3,4)41(35)27-30/h5-16,18-20,22-27,31H,17,21H2,1-4H3/t31-/m1/s1. The number of hydrogen-bond acceptors (Lipinski definition) is 1. The van der Waals surface area contributed by atoms with Crippen molar-refractivity contribution in [3.05, 3.63) is 166 Å². The van der Waals surface area contributed by atoms with Gasteiger partial charge in [0.1, 0.15) is 0 Å². The lowest BCUT2D eigenvalue weighted by Crippen LogP contribution is -2.16. The first-order valence-corrected chi connectivity index (χ1v) is 17.5. The monoisotopic (exact) mass is 610 g/mol. The number of hydrogen-bond donors (Lipinski definition) is 0. The molecule has 1 heterocycles. The van der Waals surface area contributed by atoms with E-state index in [1.165, 1.54) is 81.4 Å². The molecule has 0 aliphatic heterocycles. The Bertz CT molecular complexity index is 2330. The fourth-order valence-corrected chi connectivity index (χ4v) is 9.73. The molecule has 0 saturated carbocycles. The van der Waals surface area contributed by atoms with E-state index in [0.29, 0.717) is 5.92 Å². The Balaban J connectivity index is 1.14. The summed E-state index contributed by atoms with van der Waals surface area (Å²) in [6.07, 6.45) is 2.10. The molecule has 2 aliphatic rings. The number of benzene rings is 6. The first kappa shape index (κ1) is 27.8. The van der Waals surface area contributed by atoms with E-state index in [2.05, 4.69) is 155 Å². The fraction of sp³-hybridized carbons (Fsp3) is 0.200. The van der Waals surface area contributed by atoms with Crippen LogP contribution in [0.15, 0.2) is 127 Å². The smallest absolute Gasteiger partial charge is 0.0355 e. The number of aryl methyl sites for hydroxylation is 1. The Morgan fingerprint density at radius 3 is 1.76 bits per heavy atom. The summed E-state index contributed by atoms with van der Waals surface area (Å²) < 4.78 is 2.74. The molecule has 2 aliphatic carbocycles. The zero-order chi connectivity index (χ0) is 31.2. The van der Waals surface area contributed by atoms with E-state index in [1.807, 2.05) is 11.3 Å². The van der Waals surface area contributed by atoms with Gasteiger partial charge in [-0.05, 0) is 92.2 Å². The summed E-state index contributed by atoms with van der Waals surface area (Å²) >= 11 is 1.90. The van der Waals surface area contributed by atoms with Crippen LogP contribution in [0.1, 0.15) is 79.0 Å². The maximum Gasteiger partial charge on any atom is 0.0355 e. The lowest BCUT2D eigenvalue weighted by atomic mass is 9.79. The van der Waals surface area contributed by atoms with Gasteiger partial charge in [-0.1, -0.05) is 137 Å². The highest BCUT2D eigenvalue weighted by molar-refractivity contribution is 7.25.